The number of H-pyrrole nitrogens is 1. The minimum Gasteiger partial charge on any atom is -0.368 e. The highest BCUT2D eigenvalue weighted by atomic mass is 15.3. The van der Waals surface area contributed by atoms with Crippen LogP contribution < -0.4 is 11.1 Å². The number of hydrogen-bond acceptors (Lipinski definition) is 5. The lowest BCUT2D eigenvalue weighted by Gasteiger charge is -2.01. The highest BCUT2D eigenvalue weighted by Crippen LogP contribution is 2.00. The molecule has 0 saturated carbocycles. The molecule has 2 heterocycles. The molecule has 0 saturated heterocycles. The highest BCUT2D eigenvalue weighted by Gasteiger charge is 2.01. The predicted molar refractivity (Wildman–Crippen MR) is 56.2 cm³/mol. The number of aryl methyl sites for hydroxylation is 1. The summed E-state index contributed by atoms with van der Waals surface area (Å²) in [7, 11) is 1.97. The molecule has 0 bridgehead atoms. The summed E-state index contributed by atoms with van der Waals surface area (Å²) >= 11 is 0. The van der Waals surface area contributed by atoms with Gasteiger partial charge in [0.2, 0.25) is 11.9 Å². The van der Waals surface area contributed by atoms with E-state index >= 15 is 0 Å². The summed E-state index contributed by atoms with van der Waals surface area (Å²) in [5, 5.41) is 9.46. The van der Waals surface area contributed by atoms with Gasteiger partial charge >= 0.3 is 0 Å². The standard InChI is InChI=1S/C8H13N7/c1-15-5-4-10-6(15)2-3-11-8-12-7(9)13-14-8/h4-5H,2-3H2,1H3,(H4,9,11,12,13,14). The number of nitrogens with two attached hydrogens (primary N) is 1. The first-order valence-electron chi connectivity index (χ1n) is 4.63. The van der Waals surface area contributed by atoms with E-state index in [-0.39, 0.29) is 0 Å². The molecule has 0 amide bonds. The average Bonchev–Trinajstić information content (AvgIpc) is 2.77. The number of nitrogen functional groups attached to an aromatic ring is 1. The van der Waals surface area contributed by atoms with Crippen LogP contribution in [0.3, 0.4) is 0 Å². The smallest absolute Gasteiger partial charge is 0.243 e. The Morgan fingerprint density at radius 1 is 1.60 bits per heavy atom. The van der Waals surface area contributed by atoms with E-state index in [1.807, 2.05) is 17.8 Å². The molecule has 0 atom stereocenters. The van der Waals surface area contributed by atoms with Gasteiger partial charge in [-0.1, -0.05) is 0 Å². The van der Waals surface area contributed by atoms with E-state index < -0.39 is 0 Å². The van der Waals surface area contributed by atoms with Crippen LogP contribution in [0.15, 0.2) is 12.4 Å². The summed E-state index contributed by atoms with van der Waals surface area (Å²) in [4.78, 5) is 8.13. The highest BCUT2D eigenvalue weighted by molar-refractivity contribution is 5.29. The molecular formula is C8H13N7. The lowest BCUT2D eigenvalue weighted by molar-refractivity contribution is 0.787. The number of aromatic nitrogens is 5. The summed E-state index contributed by atoms with van der Waals surface area (Å²) in [6, 6.07) is 0. The fourth-order valence-electron chi connectivity index (χ4n) is 1.28. The summed E-state index contributed by atoms with van der Waals surface area (Å²) in [6.07, 6.45) is 4.51. The second kappa shape index (κ2) is 3.99. The topological polar surface area (TPSA) is 97.4 Å². The van der Waals surface area contributed by atoms with Gasteiger partial charge in [0.25, 0.3) is 0 Å². The normalized spacial score (nSPS) is 10.5. The van der Waals surface area contributed by atoms with Crippen molar-refractivity contribution >= 4 is 11.9 Å². The zero-order valence-corrected chi connectivity index (χ0v) is 8.44. The van der Waals surface area contributed by atoms with Gasteiger partial charge < -0.3 is 15.6 Å². The molecule has 2 aromatic heterocycles. The van der Waals surface area contributed by atoms with Crippen molar-refractivity contribution in [3.05, 3.63) is 18.2 Å². The third-order valence-corrected chi connectivity index (χ3v) is 2.06. The average molecular weight is 207 g/mol. The Kier molecular flexibility index (Phi) is 2.53. The zero-order valence-electron chi connectivity index (χ0n) is 8.44. The molecule has 15 heavy (non-hydrogen) atoms. The van der Waals surface area contributed by atoms with Crippen LogP contribution in [0.5, 0.6) is 0 Å². The second-order valence-corrected chi connectivity index (χ2v) is 3.18. The number of anilines is 2. The molecule has 0 spiro atoms. The van der Waals surface area contributed by atoms with Gasteiger partial charge in [-0.25, -0.2) is 10.1 Å². The molecular weight excluding hydrogens is 194 g/mol. The minimum absolute atomic E-state index is 0.314. The SMILES string of the molecule is Cn1ccnc1CCNc1n[nH]c(N)n1. The van der Waals surface area contributed by atoms with Crippen LogP contribution in [-0.2, 0) is 13.5 Å². The van der Waals surface area contributed by atoms with Crippen LogP contribution in [0.25, 0.3) is 0 Å². The number of aromatic amines is 1. The first-order valence-corrected chi connectivity index (χ1v) is 4.63. The quantitative estimate of drug-likeness (QED) is 0.643. The molecule has 7 nitrogen and oxygen atoms in total. The zero-order chi connectivity index (χ0) is 10.7. The van der Waals surface area contributed by atoms with Gasteiger partial charge in [-0.3, -0.25) is 0 Å². The molecule has 4 N–H and O–H groups in total. The molecule has 0 unspecified atom stereocenters. The Balaban J connectivity index is 1.83. The molecule has 0 aliphatic rings. The fourth-order valence-corrected chi connectivity index (χ4v) is 1.28. The maximum atomic E-state index is 5.38. The Morgan fingerprint density at radius 3 is 3.07 bits per heavy atom. The van der Waals surface area contributed by atoms with E-state index in [0.29, 0.717) is 11.9 Å². The van der Waals surface area contributed by atoms with Gasteiger partial charge in [-0.2, -0.15) is 4.98 Å². The number of rotatable bonds is 4. The van der Waals surface area contributed by atoms with Crippen molar-refractivity contribution in [2.24, 2.45) is 7.05 Å². The van der Waals surface area contributed by atoms with E-state index in [9.17, 15) is 0 Å². The molecule has 2 rings (SSSR count). The Morgan fingerprint density at radius 2 is 2.47 bits per heavy atom. The van der Waals surface area contributed by atoms with Crippen molar-refractivity contribution in [1.29, 1.82) is 0 Å². The van der Waals surface area contributed by atoms with Gasteiger partial charge in [0.05, 0.1) is 0 Å². The summed E-state index contributed by atoms with van der Waals surface area (Å²) < 4.78 is 1.98. The van der Waals surface area contributed by atoms with Crippen molar-refractivity contribution < 1.29 is 0 Å². The van der Waals surface area contributed by atoms with Crippen LogP contribution in [-0.4, -0.2) is 31.3 Å². The van der Waals surface area contributed by atoms with E-state index in [4.69, 9.17) is 5.73 Å². The largest absolute Gasteiger partial charge is 0.368 e. The van der Waals surface area contributed by atoms with E-state index in [2.05, 4.69) is 25.5 Å². The number of imidazole rings is 1. The van der Waals surface area contributed by atoms with E-state index in [1.54, 1.807) is 6.20 Å². The Hall–Kier alpha value is -2.05. The molecule has 0 fully saturated rings. The number of nitrogens with zero attached hydrogens (tertiary/aromatic N) is 4. The van der Waals surface area contributed by atoms with E-state index in [1.165, 1.54) is 0 Å². The maximum Gasteiger partial charge on any atom is 0.243 e. The van der Waals surface area contributed by atoms with Crippen molar-refractivity contribution in [2.45, 2.75) is 6.42 Å². The molecule has 7 heteroatoms. The molecule has 80 valence electrons. The molecule has 0 aliphatic heterocycles. The van der Waals surface area contributed by atoms with Crippen LogP contribution in [0.1, 0.15) is 5.82 Å². The van der Waals surface area contributed by atoms with Gasteiger partial charge in [0.15, 0.2) is 0 Å². The molecule has 0 aliphatic carbocycles. The summed E-state index contributed by atoms with van der Waals surface area (Å²) in [5.41, 5.74) is 5.38. The first-order chi connectivity index (χ1) is 7.25. The van der Waals surface area contributed by atoms with Gasteiger partial charge in [-0.05, 0) is 0 Å². The van der Waals surface area contributed by atoms with Crippen LogP contribution in [0.2, 0.25) is 0 Å². The molecule has 2 aromatic rings. The van der Waals surface area contributed by atoms with Crippen molar-refractivity contribution in [3.63, 3.8) is 0 Å². The second-order valence-electron chi connectivity index (χ2n) is 3.18. The van der Waals surface area contributed by atoms with Crippen molar-refractivity contribution in [2.75, 3.05) is 17.6 Å². The number of nitrogens with one attached hydrogen (secondary N) is 2. The van der Waals surface area contributed by atoms with E-state index in [0.717, 1.165) is 18.8 Å². The third-order valence-electron chi connectivity index (χ3n) is 2.06. The predicted octanol–water partition coefficient (Wildman–Crippen LogP) is -0.225. The third kappa shape index (κ3) is 2.25. The molecule has 0 aromatic carbocycles. The molecule has 0 radical (unpaired) electrons. The van der Waals surface area contributed by atoms with Crippen LogP contribution >= 0.6 is 0 Å². The van der Waals surface area contributed by atoms with Gasteiger partial charge in [-0.15, -0.1) is 5.10 Å². The van der Waals surface area contributed by atoms with Crippen LogP contribution in [0, 0.1) is 0 Å². The monoisotopic (exact) mass is 207 g/mol. The Labute approximate surface area is 86.7 Å². The van der Waals surface area contributed by atoms with Crippen molar-refractivity contribution in [3.8, 4) is 0 Å². The van der Waals surface area contributed by atoms with Gasteiger partial charge in [0, 0.05) is 32.4 Å². The number of hydrogen-bond donors (Lipinski definition) is 3. The minimum atomic E-state index is 0.314. The maximum absolute atomic E-state index is 5.38. The lowest BCUT2D eigenvalue weighted by Crippen LogP contribution is -2.09. The van der Waals surface area contributed by atoms with Gasteiger partial charge in [0.1, 0.15) is 5.82 Å². The fraction of sp³-hybridized carbons (Fsp3) is 0.375. The summed E-state index contributed by atoms with van der Waals surface area (Å²) in [6.45, 7) is 0.724. The lowest BCUT2D eigenvalue weighted by atomic mass is 10.4. The summed E-state index contributed by atoms with van der Waals surface area (Å²) in [5.74, 6) is 1.85. The Bertz CT molecular complexity index is 430. The first kappa shape index (κ1) is 9.50. The van der Waals surface area contributed by atoms with Crippen molar-refractivity contribution in [1.82, 2.24) is 24.7 Å². The van der Waals surface area contributed by atoms with Crippen LogP contribution in [0.4, 0.5) is 11.9 Å².